The van der Waals surface area contributed by atoms with Crippen molar-refractivity contribution in [1.82, 2.24) is 29.9 Å². The van der Waals surface area contributed by atoms with Gasteiger partial charge in [-0.3, -0.25) is 0 Å². The number of hydrogen-bond donors (Lipinski definition) is 1. The molecule has 0 bridgehead atoms. The molecule has 0 saturated carbocycles. The molecule has 0 aliphatic heterocycles. The summed E-state index contributed by atoms with van der Waals surface area (Å²) in [5, 5.41) is 11.1. The zero-order chi connectivity index (χ0) is 32.5. The van der Waals surface area contributed by atoms with Gasteiger partial charge in [0.05, 0.1) is 30.9 Å². The molecule has 0 aliphatic carbocycles. The van der Waals surface area contributed by atoms with E-state index in [2.05, 4.69) is 45.8 Å². The van der Waals surface area contributed by atoms with Gasteiger partial charge in [0, 0.05) is 27.6 Å². The van der Waals surface area contributed by atoms with Crippen molar-refractivity contribution in [2.45, 2.75) is 11.9 Å². The molecule has 232 valence electrons. The average molecular weight is 718 g/mol. The van der Waals surface area contributed by atoms with Crippen LogP contribution in [-0.2, 0) is 11.9 Å². The Hall–Kier alpha value is -4.48. The third kappa shape index (κ3) is 8.02. The quantitative estimate of drug-likeness (QED) is 0.156. The van der Waals surface area contributed by atoms with E-state index in [4.69, 9.17) is 32.7 Å². The molecule has 0 atom stereocenters. The van der Waals surface area contributed by atoms with Crippen molar-refractivity contribution in [2.75, 3.05) is 14.2 Å². The summed E-state index contributed by atoms with van der Waals surface area (Å²) in [4.78, 5) is 26.3. The third-order valence-corrected chi connectivity index (χ3v) is 7.85. The first-order chi connectivity index (χ1) is 22.4. The lowest BCUT2D eigenvalue weighted by Gasteiger charge is -2.09. The Bertz CT molecular complexity index is 1790. The smallest absolute Gasteiger partial charge is 0.320 e. The maximum absolute atomic E-state index is 9.31. The summed E-state index contributed by atoms with van der Waals surface area (Å²) in [6.07, 6.45) is 0. The number of aliphatic hydroxyl groups is 1. The Labute approximate surface area is 284 Å². The molecule has 2 aromatic heterocycles. The normalized spacial score (nSPS) is 10.6. The molecule has 4 aromatic carbocycles. The molecule has 0 fully saturated rings. The number of hydrogen-bond acceptors (Lipinski definition) is 9. The van der Waals surface area contributed by atoms with E-state index >= 15 is 0 Å². The molecule has 6 rings (SSSR count). The lowest BCUT2D eigenvalue weighted by Crippen LogP contribution is -2.01. The van der Waals surface area contributed by atoms with Crippen molar-refractivity contribution < 1.29 is 14.6 Å². The standard InChI is InChI=1S/C17H13BrClN3O.C17H14ClN3O2/c1-23-17-21-15(12-5-3-2-4-6-12)20-16(22-17)13-9-11(10-18)7-8-14(13)19;1-23-17-20-15(12-5-3-2-4-6-12)19-16(21-17)13-9-11(10-22)7-8-14(13)18/h2-9H,10H2,1H3;2-9,22H,10H2,1H3. The number of rotatable bonds is 8. The van der Waals surface area contributed by atoms with Gasteiger partial charge in [0.1, 0.15) is 0 Å². The van der Waals surface area contributed by atoms with Gasteiger partial charge in [-0.15, -0.1) is 0 Å². The van der Waals surface area contributed by atoms with Crippen LogP contribution < -0.4 is 9.47 Å². The van der Waals surface area contributed by atoms with E-state index in [1.165, 1.54) is 14.2 Å². The van der Waals surface area contributed by atoms with Crippen LogP contribution in [-0.4, -0.2) is 49.2 Å². The van der Waals surface area contributed by atoms with Gasteiger partial charge in [-0.2, -0.15) is 19.9 Å². The van der Waals surface area contributed by atoms with Crippen LogP contribution in [0.4, 0.5) is 0 Å². The number of alkyl halides is 1. The largest absolute Gasteiger partial charge is 0.467 e. The number of ether oxygens (including phenoxy) is 2. The van der Waals surface area contributed by atoms with Crippen LogP contribution in [0.5, 0.6) is 12.0 Å². The van der Waals surface area contributed by atoms with E-state index in [1.54, 1.807) is 18.2 Å². The van der Waals surface area contributed by atoms with Gasteiger partial charge in [0.2, 0.25) is 0 Å². The minimum atomic E-state index is -0.0854. The SMILES string of the molecule is COc1nc(-c2ccccc2)nc(-c2cc(CBr)ccc2Cl)n1.COc1nc(-c2ccccc2)nc(-c2cc(CO)ccc2Cl)n1. The summed E-state index contributed by atoms with van der Waals surface area (Å²) < 4.78 is 10.4. The van der Waals surface area contributed by atoms with Crippen LogP contribution in [0.25, 0.3) is 45.6 Å². The predicted molar refractivity (Wildman–Crippen MR) is 183 cm³/mol. The molecule has 0 radical (unpaired) electrons. The lowest BCUT2D eigenvalue weighted by molar-refractivity contribution is 0.282. The second-order valence-electron chi connectivity index (χ2n) is 9.59. The van der Waals surface area contributed by atoms with Crippen molar-refractivity contribution in [1.29, 1.82) is 0 Å². The summed E-state index contributed by atoms with van der Waals surface area (Å²) in [7, 11) is 3.03. The minimum absolute atomic E-state index is 0.0854. The van der Waals surface area contributed by atoms with Gasteiger partial charge in [-0.25, -0.2) is 9.97 Å². The van der Waals surface area contributed by atoms with Crippen LogP contribution in [0, 0.1) is 0 Å². The van der Waals surface area contributed by atoms with Gasteiger partial charge in [-0.05, 0) is 35.4 Å². The molecule has 12 heteroatoms. The predicted octanol–water partition coefficient (Wildman–Crippen LogP) is 8.12. The van der Waals surface area contributed by atoms with Crippen LogP contribution in [0.15, 0.2) is 97.1 Å². The average Bonchev–Trinajstić information content (AvgIpc) is 3.12. The summed E-state index contributed by atoms with van der Waals surface area (Å²) in [6, 6.07) is 30.7. The zero-order valence-corrected chi connectivity index (χ0v) is 27.8. The summed E-state index contributed by atoms with van der Waals surface area (Å²) in [5.41, 5.74) is 4.93. The number of benzene rings is 4. The van der Waals surface area contributed by atoms with E-state index < -0.39 is 0 Å². The Balaban J connectivity index is 0.000000181. The fraction of sp³-hybridized carbons (Fsp3) is 0.118. The van der Waals surface area contributed by atoms with Crippen molar-refractivity contribution in [2.24, 2.45) is 0 Å². The highest BCUT2D eigenvalue weighted by molar-refractivity contribution is 9.08. The molecule has 0 aliphatic rings. The molecule has 0 spiro atoms. The van der Waals surface area contributed by atoms with E-state index in [0.29, 0.717) is 38.9 Å². The number of aromatic nitrogens is 6. The maximum Gasteiger partial charge on any atom is 0.320 e. The van der Waals surface area contributed by atoms with Crippen LogP contribution >= 0.6 is 39.1 Å². The number of methoxy groups -OCH3 is 2. The first-order valence-electron chi connectivity index (χ1n) is 13.9. The topological polar surface area (TPSA) is 116 Å². The van der Waals surface area contributed by atoms with E-state index in [9.17, 15) is 5.11 Å². The number of nitrogens with zero attached hydrogens (tertiary/aromatic N) is 6. The lowest BCUT2D eigenvalue weighted by atomic mass is 10.1. The van der Waals surface area contributed by atoms with Crippen molar-refractivity contribution in [3.63, 3.8) is 0 Å². The molecule has 0 saturated heterocycles. The van der Waals surface area contributed by atoms with E-state index in [-0.39, 0.29) is 18.6 Å². The van der Waals surface area contributed by atoms with Crippen molar-refractivity contribution in [3.05, 3.63) is 118 Å². The van der Waals surface area contributed by atoms with Crippen molar-refractivity contribution in [3.8, 4) is 57.6 Å². The monoisotopic (exact) mass is 716 g/mol. The number of halogens is 3. The van der Waals surface area contributed by atoms with Crippen LogP contribution in [0.3, 0.4) is 0 Å². The molecule has 46 heavy (non-hydrogen) atoms. The molecule has 0 amide bonds. The molecule has 6 aromatic rings. The van der Waals surface area contributed by atoms with Gasteiger partial charge < -0.3 is 14.6 Å². The summed E-state index contributed by atoms with van der Waals surface area (Å²) in [5.74, 6) is 1.94. The summed E-state index contributed by atoms with van der Waals surface area (Å²) >= 11 is 16.0. The first-order valence-corrected chi connectivity index (χ1v) is 15.8. The minimum Gasteiger partial charge on any atom is -0.467 e. The molecular weight excluding hydrogens is 691 g/mol. The van der Waals surface area contributed by atoms with Gasteiger partial charge >= 0.3 is 12.0 Å². The van der Waals surface area contributed by atoms with Gasteiger partial charge in [-0.1, -0.05) is 112 Å². The second kappa shape index (κ2) is 15.7. The fourth-order valence-electron chi connectivity index (χ4n) is 4.24. The summed E-state index contributed by atoms with van der Waals surface area (Å²) in [6.45, 7) is -0.0854. The first kappa shape index (κ1) is 32.9. The van der Waals surface area contributed by atoms with E-state index in [0.717, 1.165) is 33.1 Å². The highest BCUT2D eigenvalue weighted by Crippen LogP contribution is 2.31. The third-order valence-electron chi connectivity index (χ3n) is 6.54. The molecule has 0 unspecified atom stereocenters. The highest BCUT2D eigenvalue weighted by atomic mass is 79.9. The Kier molecular flexibility index (Phi) is 11.2. The molecule has 9 nitrogen and oxygen atoms in total. The Morgan fingerprint density at radius 2 is 0.978 bits per heavy atom. The highest BCUT2D eigenvalue weighted by Gasteiger charge is 2.15. The fourth-order valence-corrected chi connectivity index (χ4v) is 4.99. The Morgan fingerprint density at radius 3 is 1.39 bits per heavy atom. The van der Waals surface area contributed by atoms with Crippen LogP contribution in [0.2, 0.25) is 10.0 Å². The van der Waals surface area contributed by atoms with Crippen LogP contribution in [0.1, 0.15) is 11.1 Å². The van der Waals surface area contributed by atoms with Gasteiger partial charge in [0.15, 0.2) is 23.3 Å². The molecular formula is C34H27BrCl2N6O3. The zero-order valence-electron chi connectivity index (χ0n) is 24.7. The second-order valence-corrected chi connectivity index (χ2v) is 11.0. The van der Waals surface area contributed by atoms with Gasteiger partial charge in [0.25, 0.3) is 0 Å². The van der Waals surface area contributed by atoms with Crippen molar-refractivity contribution >= 4 is 39.1 Å². The molecule has 1 N–H and O–H groups in total. The molecule has 2 heterocycles. The number of aliphatic hydroxyl groups excluding tert-OH is 1. The van der Waals surface area contributed by atoms with E-state index in [1.807, 2.05) is 78.9 Å². The Morgan fingerprint density at radius 1 is 0.565 bits per heavy atom. The maximum atomic E-state index is 9.31.